The summed E-state index contributed by atoms with van der Waals surface area (Å²) in [5.41, 5.74) is 0. The van der Waals surface area contributed by atoms with Crippen LogP contribution in [0, 0.1) is 5.92 Å². The van der Waals surface area contributed by atoms with Gasteiger partial charge in [-0.2, -0.15) is 0 Å². The number of likely N-dealkylation sites (N-methyl/N-ethyl adjacent to an activating group) is 1. The van der Waals surface area contributed by atoms with E-state index in [1.165, 1.54) is 7.11 Å². The number of carbonyl (C=O) groups is 2. The quantitative estimate of drug-likeness (QED) is 0.688. The van der Waals surface area contributed by atoms with Gasteiger partial charge in [-0.1, -0.05) is 0 Å². The van der Waals surface area contributed by atoms with E-state index in [4.69, 9.17) is 4.74 Å². The second-order valence-corrected chi connectivity index (χ2v) is 4.03. The maximum atomic E-state index is 11.3. The number of hydrogen-bond acceptors (Lipinski definition) is 4. The molecule has 5 heteroatoms. The summed E-state index contributed by atoms with van der Waals surface area (Å²) in [6, 6.07) is 0. The minimum atomic E-state index is -0.127. The molecule has 0 unspecified atom stereocenters. The molecule has 0 aliphatic carbocycles. The van der Waals surface area contributed by atoms with Gasteiger partial charge in [-0.3, -0.25) is 14.5 Å². The van der Waals surface area contributed by atoms with Crippen molar-refractivity contribution in [2.75, 3.05) is 33.3 Å². The molecular formula is C11H20N2O3. The molecule has 0 spiro atoms. The molecule has 1 fully saturated rings. The van der Waals surface area contributed by atoms with Crippen LogP contribution in [0.25, 0.3) is 0 Å². The SMILES string of the molecule is CCNC(=O)CN1CCC(C(=O)OC)CC1. The zero-order valence-corrected chi connectivity index (χ0v) is 9.99. The van der Waals surface area contributed by atoms with Crippen LogP contribution in [-0.2, 0) is 14.3 Å². The number of nitrogens with zero attached hydrogens (tertiary/aromatic N) is 1. The molecule has 0 radical (unpaired) electrons. The topological polar surface area (TPSA) is 58.6 Å². The van der Waals surface area contributed by atoms with Crippen molar-refractivity contribution in [1.29, 1.82) is 0 Å². The Bertz CT molecular complexity index is 248. The summed E-state index contributed by atoms with van der Waals surface area (Å²) < 4.78 is 4.71. The number of rotatable bonds is 4. The molecule has 0 aromatic carbocycles. The average molecular weight is 228 g/mol. The van der Waals surface area contributed by atoms with Gasteiger partial charge in [-0.05, 0) is 32.9 Å². The Morgan fingerprint density at radius 2 is 2.00 bits per heavy atom. The summed E-state index contributed by atoms with van der Waals surface area (Å²) in [5.74, 6) is -0.0628. The van der Waals surface area contributed by atoms with Crippen molar-refractivity contribution in [3.8, 4) is 0 Å². The molecule has 0 aromatic rings. The summed E-state index contributed by atoms with van der Waals surface area (Å²) in [4.78, 5) is 24.7. The lowest BCUT2D eigenvalue weighted by Crippen LogP contribution is -2.42. The normalized spacial score (nSPS) is 18.1. The van der Waals surface area contributed by atoms with E-state index in [0.29, 0.717) is 13.1 Å². The predicted octanol–water partition coefficient (Wildman–Crippen LogP) is 0.00750. The Kier molecular flexibility index (Phi) is 5.25. The van der Waals surface area contributed by atoms with Crippen molar-refractivity contribution >= 4 is 11.9 Å². The number of likely N-dealkylation sites (tertiary alicyclic amines) is 1. The van der Waals surface area contributed by atoms with Crippen molar-refractivity contribution in [2.45, 2.75) is 19.8 Å². The van der Waals surface area contributed by atoms with Crippen LogP contribution in [0.3, 0.4) is 0 Å². The minimum Gasteiger partial charge on any atom is -0.469 e. The van der Waals surface area contributed by atoms with E-state index >= 15 is 0 Å². The highest BCUT2D eigenvalue weighted by Gasteiger charge is 2.26. The summed E-state index contributed by atoms with van der Waals surface area (Å²) >= 11 is 0. The van der Waals surface area contributed by atoms with E-state index in [0.717, 1.165) is 25.9 Å². The molecule has 0 saturated carbocycles. The van der Waals surface area contributed by atoms with Gasteiger partial charge in [0.05, 0.1) is 19.6 Å². The van der Waals surface area contributed by atoms with Gasteiger partial charge in [0.2, 0.25) is 5.91 Å². The lowest BCUT2D eigenvalue weighted by Gasteiger charge is -2.29. The number of carbonyl (C=O) groups excluding carboxylic acids is 2. The van der Waals surface area contributed by atoms with Crippen LogP contribution in [-0.4, -0.2) is 50.1 Å². The number of methoxy groups -OCH3 is 1. The number of hydrogen-bond donors (Lipinski definition) is 1. The number of amides is 1. The van der Waals surface area contributed by atoms with Crippen molar-refractivity contribution in [3.63, 3.8) is 0 Å². The Labute approximate surface area is 96.1 Å². The number of esters is 1. The first-order chi connectivity index (χ1) is 7.67. The average Bonchev–Trinajstić information content (AvgIpc) is 2.29. The van der Waals surface area contributed by atoms with Crippen molar-refractivity contribution in [2.24, 2.45) is 5.92 Å². The van der Waals surface area contributed by atoms with Crippen LogP contribution < -0.4 is 5.32 Å². The number of piperidine rings is 1. The molecule has 1 rings (SSSR count). The zero-order valence-electron chi connectivity index (χ0n) is 9.99. The third kappa shape index (κ3) is 3.81. The van der Waals surface area contributed by atoms with Crippen LogP contribution >= 0.6 is 0 Å². The van der Waals surface area contributed by atoms with Gasteiger partial charge in [0, 0.05) is 6.54 Å². The zero-order chi connectivity index (χ0) is 12.0. The first kappa shape index (κ1) is 13.0. The molecule has 1 saturated heterocycles. The molecular weight excluding hydrogens is 208 g/mol. The lowest BCUT2D eigenvalue weighted by molar-refractivity contribution is -0.147. The highest BCUT2D eigenvalue weighted by molar-refractivity contribution is 5.78. The van der Waals surface area contributed by atoms with Crippen LogP contribution in [0.1, 0.15) is 19.8 Å². The van der Waals surface area contributed by atoms with Gasteiger partial charge >= 0.3 is 5.97 Å². The summed E-state index contributed by atoms with van der Waals surface area (Å²) in [6.45, 7) is 4.58. The van der Waals surface area contributed by atoms with Gasteiger partial charge in [0.15, 0.2) is 0 Å². The third-order valence-corrected chi connectivity index (χ3v) is 2.86. The lowest BCUT2D eigenvalue weighted by atomic mass is 9.97. The number of nitrogens with one attached hydrogen (secondary N) is 1. The first-order valence-electron chi connectivity index (χ1n) is 5.74. The Balaban J connectivity index is 2.26. The van der Waals surface area contributed by atoms with Crippen LogP contribution in [0.5, 0.6) is 0 Å². The molecule has 1 amide bonds. The molecule has 16 heavy (non-hydrogen) atoms. The second kappa shape index (κ2) is 6.48. The Morgan fingerprint density at radius 1 is 1.38 bits per heavy atom. The van der Waals surface area contributed by atoms with E-state index in [1.54, 1.807) is 0 Å². The fraction of sp³-hybridized carbons (Fsp3) is 0.818. The third-order valence-electron chi connectivity index (χ3n) is 2.86. The maximum Gasteiger partial charge on any atom is 0.308 e. The van der Waals surface area contributed by atoms with Crippen LogP contribution in [0.15, 0.2) is 0 Å². The Hall–Kier alpha value is -1.10. The second-order valence-electron chi connectivity index (χ2n) is 4.03. The standard InChI is InChI=1S/C11H20N2O3/c1-3-12-10(14)8-13-6-4-9(5-7-13)11(15)16-2/h9H,3-8H2,1-2H3,(H,12,14). The summed E-state index contributed by atoms with van der Waals surface area (Å²) in [6.07, 6.45) is 1.57. The molecule has 1 aliphatic heterocycles. The van der Waals surface area contributed by atoms with Crippen molar-refractivity contribution < 1.29 is 14.3 Å². The molecule has 5 nitrogen and oxygen atoms in total. The van der Waals surface area contributed by atoms with Gasteiger partial charge in [0.1, 0.15) is 0 Å². The fourth-order valence-electron chi connectivity index (χ4n) is 1.95. The van der Waals surface area contributed by atoms with E-state index in [9.17, 15) is 9.59 Å². The maximum absolute atomic E-state index is 11.3. The highest BCUT2D eigenvalue weighted by atomic mass is 16.5. The first-order valence-corrected chi connectivity index (χ1v) is 5.74. The van der Waals surface area contributed by atoms with E-state index in [2.05, 4.69) is 10.2 Å². The minimum absolute atomic E-state index is 0.00971. The van der Waals surface area contributed by atoms with E-state index in [1.807, 2.05) is 6.92 Å². The molecule has 1 heterocycles. The molecule has 92 valence electrons. The molecule has 1 aliphatic rings. The summed E-state index contributed by atoms with van der Waals surface area (Å²) in [5, 5.41) is 2.77. The molecule has 0 bridgehead atoms. The van der Waals surface area contributed by atoms with Crippen LogP contribution in [0.4, 0.5) is 0 Å². The van der Waals surface area contributed by atoms with Crippen molar-refractivity contribution in [3.05, 3.63) is 0 Å². The van der Waals surface area contributed by atoms with Gasteiger partial charge in [-0.25, -0.2) is 0 Å². The largest absolute Gasteiger partial charge is 0.469 e. The van der Waals surface area contributed by atoms with E-state index < -0.39 is 0 Å². The fourth-order valence-corrected chi connectivity index (χ4v) is 1.95. The van der Waals surface area contributed by atoms with Gasteiger partial charge in [-0.15, -0.1) is 0 Å². The van der Waals surface area contributed by atoms with Crippen molar-refractivity contribution in [1.82, 2.24) is 10.2 Å². The Morgan fingerprint density at radius 3 is 2.50 bits per heavy atom. The summed E-state index contributed by atoms with van der Waals surface area (Å²) in [7, 11) is 1.42. The molecule has 0 atom stereocenters. The number of ether oxygens (including phenoxy) is 1. The smallest absolute Gasteiger partial charge is 0.308 e. The highest BCUT2D eigenvalue weighted by Crippen LogP contribution is 2.17. The monoisotopic (exact) mass is 228 g/mol. The van der Waals surface area contributed by atoms with Gasteiger partial charge in [0.25, 0.3) is 0 Å². The molecule has 1 N–H and O–H groups in total. The predicted molar refractivity (Wildman–Crippen MR) is 59.9 cm³/mol. The van der Waals surface area contributed by atoms with E-state index in [-0.39, 0.29) is 17.8 Å². The van der Waals surface area contributed by atoms with Gasteiger partial charge < -0.3 is 10.1 Å². The van der Waals surface area contributed by atoms with Crippen LogP contribution in [0.2, 0.25) is 0 Å². The molecule has 0 aromatic heterocycles.